The minimum absolute atomic E-state index is 0.0522. The molecule has 182 valence electrons. The molecule has 0 fully saturated rings. The molecule has 0 aliphatic rings. The van der Waals surface area contributed by atoms with E-state index in [2.05, 4.69) is 15.4 Å². The van der Waals surface area contributed by atoms with Crippen molar-refractivity contribution < 1.29 is 22.7 Å². The highest BCUT2D eigenvalue weighted by Crippen LogP contribution is 2.34. The van der Waals surface area contributed by atoms with Crippen LogP contribution < -0.4 is 5.32 Å². The first-order valence-corrected chi connectivity index (χ1v) is 10.9. The van der Waals surface area contributed by atoms with Crippen molar-refractivity contribution in [2.24, 2.45) is 5.41 Å². The number of rotatable bonds is 5. The maximum absolute atomic E-state index is 14.5. The van der Waals surface area contributed by atoms with Gasteiger partial charge >= 0.3 is 6.09 Å². The Kier molecular flexibility index (Phi) is 7.05. The third kappa shape index (κ3) is 6.36. The number of nitrogens with one attached hydrogen (secondary N) is 1. The number of ether oxygens (including phenoxy) is 1. The van der Waals surface area contributed by atoms with Crippen molar-refractivity contribution in [1.82, 2.24) is 20.1 Å². The Balaban J connectivity index is 2.11. The fraction of sp³-hybridized carbons (Fsp3) is 0.400. The van der Waals surface area contributed by atoms with E-state index < -0.39 is 40.6 Å². The van der Waals surface area contributed by atoms with Crippen LogP contribution in [0.1, 0.15) is 59.0 Å². The summed E-state index contributed by atoms with van der Waals surface area (Å²) in [5.41, 5.74) is -0.828. The Labute approximate surface area is 197 Å². The smallest absolute Gasteiger partial charge is 0.408 e. The zero-order valence-electron chi connectivity index (χ0n) is 20.1. The van der Waals surface area contributed by atoms with Gasteiger partial charge in [-0.25, -0.2) is 27.6 Å². The Hall–Kier alpha value is -3.36. The second-order valence-corrected chi connectivity index (χ2v) is 10.2. The van der Waals surface area contributed by atoms with Crippen LogP contribution >= 0.6 is 0 Å². The molecule has 3 aromatic rings. The number of amides is 1. The number of nitrogens with zero attached hydrogens (tertiary/aromatic N) is 3. The summed E-state index contributed by atoms with van der Waals surface area (Å²) >= 11 is 0. The van der Waals surface area contributed by atoms with Crippen molar-refractivity contribution >= 4 is 6.09 Å². The van der Waals surface area contributed by atoms with Gasteiger partial charge in [-0.15, -0.1) is 0 Å². The van der Waals surface area contributed by atoms with Gasteiger partial charge in [0.25, 0.3) is 0 Å². The van der Waals surface area contributed by atoms with Crippen LogP contribution in [0.5, 0.6) is 0 Å². The van der Waals surface area contributed by atoms with Crippen molar-refractivity contribution in [2.45, 2.75) is 59.7 Å². The van der Waals surface area contributed by atoms with Crippen LogP contribution in [0, 0.1) is 22.9 Å². The fourth-order valence-corrected chi connectivity index (χ4v) is 3.37. The van der Waals surface area contributed by atoms with Gasteiger partial charge in [-0.3, -0.25) is 0 Å². The molecule has 0 bridgehead atoms. The third-order valence-corrected chi connectivity index (χ3v) is 4.88. The van der Waals surface area contributed by atoms with Gasteiger partial charge in [0, 0.05) is 0 Å². The van der Waals surface area contributed by atoms with Crippen LogP contribution in [0.25, 0.3) is 11.4 Å². The second kappa shape index (κ2) is 9.48. The van der Waals surface area contributed by atoms with Gasteiger partial charge in [0.2, 0.25) is 0 Å². The molecule has 1 amide bonds. The lowest BCUT2D eigenvalue weighted by molar-refractivity contribution is 0.0455. The molecule has 0 aliphatic heterocycles. The Bertz CT molecular complexity index is 1180. The summed E-state index contributed by atoms with van der Waals surface area (Å²) in [5.74, 6) is -1.51. The van der Waals surface area contributed by atoms with Crippen LogP contribution in [-0.4, -0.2) is 26.5 Å². The molecule has 2 aromatic carbocycles. The van der Waals surface area contributed by atoms with E-state index in [0.29, 0.717) is 11.4 Å². The highest BCUT2D eigenvalue weighted by atomic mass is 19.1. The summed E-state index contributed by atoms with van der Waals surface area (Å²) in [5, 5.41) is 7.24. The van der Waals surface area contributed by atoms with Crippen molar-refractivity contribution in [3.8, 4) is 11.4 Å². The molecule has 6 nitrogen and oxygen atoms in total. The van der Waals surface area contributed by atoms with E-state index in [1.54, 1.807) is 32.9 Å². The number of carbonyl (C=O) groups is 1. The van der Waals surface area contributed by atoms with Crippen LogP contribution in [0.15, 0.2) is 42.5 Å². The molecule has 34 heavy (non-hydrogen) atoms. The number of halogens is 3. The molecule has 0 aliphatic carbocycles. The van der Waals surface area contributed by atoms with Crippen molar-refractivity contribution in [3.05, 3.63) is 71.3 Å². The fourth-order valence-electron chi connectivity index (χ4n) is 3.37. The predicted octanol–water partition coefficient (Wildman–Crippen LogP) is 6.02. The Morgan fingerprint density at radius 1 is 1.03 bits per heavy atom. The van der Waals surface area contributed by atoms with E-state index in [4.69, 9.17) is 4.74 Å². The van der Waals surface area contributed by atoms with Gasteiger partial charge < -0.3 is 10.1 Å². The van der Waals surface area contributed by atoms with E-state index >= 15 is 0 Å². The van der Waals surface area contributed by atoms with E-state index in [-0.39, 0.29) is 17.9 Å². The summed E-state index contributed by atoms with van der Waals surface area (Å²) in [4.78, 5) is 17.1. The highest BCUT2D eigenvalue weighted by molar-refractivity contribution is 5.68. The summed E-state index contributed by atoms with van der Waals surface area (Å²) in [6, 6.07) is 8.24. The quantitative estimate of drug-likeness (QED) is 0.491. The zero-order valence-corrected chi connectivity index (χ0v) is 20.1. The highest BCUT2D eigenvalue weighted by Gasteiger charge is 2.34. The van der Waals surface area contributed by atoms with E-state index in [0.717, 1.165) is 18.2 Å². The largest absolute Gasteiger partial charge is 0.444 e. The van der Waals surface area contributed by atoms with Crippen molar-refractivity contribution in [2.75, 3.05) is 0 Å². The van der Waals surface area contributed by atoms with E-state index in [1.165, 1.54) is 16.8 Å². The Morgan fingerprint density at radius 3 is 2.32 bits per heavy atom. The standard InChI is InChI=1S/C25H29F3N4O2/c1-24(2,3)20(29-23(33)34-25(4,5)6)22-30-21(18-13-17(27)10-11-19(18)28)31-32(22)14-15-8-7-9-16(26)12-15/h7-13,20H,14H2,1-6H3,(H,29,33). The van der Waals surface area contributed by atoms with Gasteiger partial charge in [-0.05, 0) is 62.1 Å². The molecule has 1 aromatic heterocycles. The number of carbonyl (C=O) groups excluding carboxylic acids is 1. The second-order valence-electron chi connectivity index (χ2n) is 10.2. The molecule has 0 saturated heterocycles. The number of hydrogen-bond acceptors (Lipinski definition) is 4. The minimum atomic E-state index is -0.725. The van der Waals surface area contributed by atoms with Gasteiger partial charge in [0.15, 0.2) is 11.6 Å². The van der Waals surface area contributed by atoms with Gasteiger partial charge in [0.05, 0.1) is 18.2 Å². The van der Waals surface area contributed by atoms with Crippen molar-refractivity contribution in [3.63, 3.8) is 0 Å². The summed E-state index contributed by atoms with van der Waals surface area (Å²) < 4.78 is 49.1. The zero-order chi connectivity index (χ0) is 25.3. The average Bonchev–Trinajstić information content (AvgIpc) is 3.08. The first-order chi connectivity index (χ1) is 15.7. The van der Waals surface area contributed by atoms with Crippen LogP contribution in [0.3, 0.4) is 0 Å². The average molecular weight is 475 g/mol. The molecule has 0 spiro atoms. The van der Waals surface area contributed by atoms with E-state index in [9.17, 15) is 18.0 Å². The van der Waals surface area contributed by atoms with Gasteiger partial charge in [-0.2, -0.15) is 5.10 Å². The van der Waals surface area contributed by atoms with Crippen molar-refractivity contribution in [1.29, 1.82) is 0 Å². The summed E-state index contributed by atoms with van der Waals surface area (Å²) in [6.45, 7) is 11.0. The van der Waals surface area contributed by atoms with Crippen LogP contribution in [0.4, 0.5) is 18.0 Å². The summed E-state index contributed by atoms with van der Waals surface area (Å²) in [6.07, 6.45) is -0.661. The van der Waals surface area contributed by atoms with E-state index in [1.807, 2.05) is 20.8 Å². The molecular formula is C25H29F3N4O2. The molecule has 9 heteroatoms. The normalized spacial score (nSPS) is 13.0. The molecule has 0 saturated carbocycles. The van der Waals surface area contributed by atoms with Crippen LogP contribution in [0.2, 0.25) is 0 Å². The molecule has 1 atom stereocenters. The lowest BCUT2D eigenvalue weighted by Crippen LogP contribution is -2.41. The third-order valence-electron chi connectivity index (χ3n) is 4.88. The van der Waals surface area contributed by atoms with Gasteiger partial charge in [0.1, 0.15) is 23.1 Å². The molecule has 1 unspecified atom stereocenters. The maximum atomic E-state index is 14.5. The molecule has 0 radical (unpaired) electrons. The van der Waals surface area contributed by atoms with Crippen LogP contribution in [-0.2, 0) is 11.3 Å². The first-order valence-electron chi connectivity index (χ1n) is 10.9. The SMILES string of the molecule is CC(C)(C)OC(=O)NC(c1nc(-c2cc(F)ccc2F)nn1Cc1cccc(F)c1)C(C)(C)C. The minimum Gasteiger partial charge on any atom is -0.444 e. The summed E-state index contributed by atoms with van der Waals surface area (Å²) in [7, 11) is 0. The predicted molar refractivity (Wildman–Crippen MR) is 122 cm³/mol. The van der Waals surface area contributed by atoms with Gasteiger partial charge in [-0.1, -0.05) is 32.9 Å². The number of alkyl carbamates (subject to hydrolysis) is 1. The lowest BCUT2D eigenvalue weighted by atomic mass is 9.86. The molecule has 1 N–H and O–H groups in total. The lowest BCUT2D eigenvalue weighted by Gasteiger charge is -2.31. The maximum Gasteiger partial charge on any atom is 0.408 e. The molecule has 3 rings (SSSR count). The number of hydrogen-bond donors (Lipinski definition) is 1. The molecule has 1 heterocycles. The first kappa shape index (κ1) is 25.3. The topological polar surface area (TPSA) is 69.0 Å². The number of benzene rings is 2. The molecular weight excluding hydrogens is 445 g/mol. The monoisotopic (exact) mass is 474 g/mol. The Morgan fingerprint density at radius 2 is 1.71 bits per heavy atom. The number of aromatic nitrogens is 3.